The topological polar surface area (TPSA) is 95.4 Å². The molecule has 6 nitrogen and oxygen atoms in total. The van der Waals surface area contributed by atoms with Crippen molar-refractivity contribution in [2.75, 3.05) is 7.11 Å². The van der Waals surface area contributed by atoms with Gasteiger partial charge in [0.1, 0.15) is 5.69 Å². The van der Waals surface area contributed by atoms with Crippen LogP contribution in [0.25, 0.3) is 11.3 Å². The summed E-state index contributed by atoms with van der Waals surface area (Å²) in [6.07, 6.45) is 0. The van der Waals surface area contributed by atoms with E-state index in [1.807, 2.05) is 0 Å². The second-order valence-electron chi connectivity index (χ2n) is 3.48. The largest absolute Gasteiger partial charge is 0.502 e. The first-order valence-corrected chi connectivity index (χ1v) is 4.88. The Balaban J connectivity index is 2.50. The van der Waals surface area contributed by atoms with Crippen LogP contribution in [0, 0.1) is 5.82 Å². The molecule has 0 aliphatic heterocycles. The Bertz CT molecular complexity index is 609. The maximum Gasteiger partial charge on any atom is 0.353 e. The number of methoxy groups -OCH3 is 1. The van der Waals surface area contributed by atoms with Crippen molar-refractivity contribution in [1.82, 2.24) is 10.2 Å². The SMILES string of the molecule is COc1cc(-c2cc(C(=O)O)[nH]n2)cc(F)c1O. The second kappa shape index (κ2) is 4.36. The molecule has 7 heteroatoms. The molecule has 0 radical (unpaired) electrons. The first kappa shape index (κ1) is 11.9. The number of hydrogen-bond acceptors (Lipinski definition) is 4. The van der Waals surface area contributed by atoms with Crippen molar-refractivity contribution < 1.29 is 24.1 Å². The Morgan fingerprint density at radius 1 is 1.44 bits per heavy atom. The average Bonchev–Trinajstić information content (AvgIpc) is 2.82. The molecule has 1 aromatic heterocycles. The minimum atomic E-state index is -1.17. The number of nitrogens with one attached hydrogen (secondary N) is 1. The molecular formula is C11H9FN2O4. The molecular weight excluding hydrogens is 243 g/mol. The number of H-pyrrole nitrogens is 1. The molecule has 0 unspecified atom stereocenters. The predicted octanol–water partition coefficient (Wildman–Crippen LogP) is 1.63. The van der Waals surface area contributed by atoms with Crippen LogP contribution in [0.5, 0.6) is 11.5 Å². The van der Waals surface area contributed by atoms with Gasteiger partial charge in [0, 0.05) is 5.56 Å². The van der Waals surface area contributed by atoms with Gasteiger partial charge in [-0.05, 0) is 18.2 Å². The van der Waals surface area contributed by atoms with Crippen molar-refractivity contribution in [2.24, 2.45) is 0 Å². The van der Waals surface area contributed by atoms with Gasteiger partial charge in [-0.15, -0.1) is 0 Å². The highest BCUT2D eigenvalue weighted by molar-refractivity contribution is 5.86. The summed E-state index contributed by atoms with van der Waals surface area (Å²) in [6, 6.07) is 3.66. The Morgan fingerprint density at radius 2 is 2.17 bits per heavy atom. The molecule has 2 rings (SSSR count). The maximum atomic E-state index is 13.4. The number of phenolic OH excluding ortho intramolecular Hbond substituents is 1. The van der Waals surface area contributed by atoms with E-state index in [1.54, 1.807) is 0 Å². The van der Waals surface area contributed by atoms with Crippen LogP contribution in [0.4, 0.5) is 4.39 Å². The van der Waals surface area contributed by atoms with E-state index in [1.165, 1.54) is 19.2 Å². The molecule has 1 heterocycles. The molecule has 0 saturated carbocycles. The number of aromatic nitrogens is 2. The van der Waals surface area contributed by atoms with Gasteiger partial charge in [-0.2, -0.15) is 5.10 Å². The van der Waals surface area contributed by atoms with E-state index in [0.717, 1.165) is 6.07 Å². The molecule has 0 aliphatic carbocycles. The van der Waals surface area contributed by atoms with E-state index >= 15 is 0 Å². The number of hydrogen-bond donors (Lipinski definition) is 3. The van der Waals surface area contributed by atoms with Gasteiger partial charge in [0.2, 0.25) is 0 Å². The number of ether oxygens (including phenoxy) is 1. The van der Waals surface area contributed by atoms with Crippen molar-refractivity contribution in [3.63, 3.8) is 0 Å². The van der Waals surface area contributed by atoms with E-state index < -0.39 is 17.5 Å². The van der Waals surface area contributed by atoms with E-state index in [-0.39, 0.29) is 17.1 Å². The molecule has 3 N–H and O–H groups in total. The molecule has 0 atom stereocenters. The molecule has 1 aromatic carbocycles. The van der Waals surface area contributed by atoms with Gasteiger partial charge >= 0.3 is 5.97 Å². The minimum absolute atomic E-state index is 0.0510. The molecule has 0 aliphatic rings. The van der Waals surface area contributed by atoms with Crippen LogP contribution in [0.15, 0.2) is 18.2 Å². The second-order valence-corrected chi connectivity index (χ2v) is 3.48. The van der Waals surface area contributed by atoms with Crippen LogP contribution in [0.2, 0.25) is 0 Å². The summed E-state index contributed by atoms with van der Waals surface area (Å²) >= 11 is 0. The van der Waals surface area contributed by atoms with Crippen molar-refractivity contribution >= 4 is 5.97 Å². The lowest BCUT2D eigenvalue weighted by Gasteiger charge is -2.06. The number of aromatic carboxylic acids is 1. The Hall–Kier alpha value is -2.57. The number of carboxylic acids is 1. The number of nitrogens with zero attached hydrogens (tertiary/aromatic N) is 1. The molecule has 0 saturated heterocycles. The first-order chi connectivity index (χ1) is 8.52. The van der Waals surface area contributed by atoms with Gasteiger partial charge in [-0.3, -0.25) is 5.10 Å². The van der Waals surface area contributed by atoms with Crippen LogP contribution in [0.1, 0.15) is 10.5 Å². The highest BCUT2D eigenvalue weighted by atomic mass is 19.1. The quantitative estimate of drug-likeness (QED) is 0.771. The number of carboxylic acid groups (broad SMARTS) is 1. The Kier molecular flexibility index (Phi) is 2.88. The number of benzene rings is 1. The van der Waals surface area contributed by atoms with Gasteiger partial charge in [0.15, 0.2) is 17.3 Å². The predicted molar refractivity (Wildman–Crippen MR) is 59.2 cm³/mol. The molecule has 0 amide bonds. The van der Waals surface area contributed by atoms with Crippen molar-refractivity contribution in [1.29, 1.82) is 0 Å². The number of halogens is 1. The molecule has 0 bridgehead atoms. The van der Waals surface area contributed by atoms with Crippen LogP contribution < -0.4 is 4.74 Å². The van der Waals surface area contributed by atoms with E-state index in [0.29, 0.717) is 5.56 Å². The number of carbonyl (C=O) groups is 1. The fraction of sp³-hybridized carbons (Fsp3) is 0.0909. The third kappa shape index (κ3) is 1.97. The summed E-state index contributed by atoms with van der Waals surface area (Å²) in [6.45, 7) is 0. The number of phenols is 1. The summed E-state index contributed by atoms with van der Waals surface area (Å²) in [5.41, 5.74) is 0.424. The molecule has 2 aromatic rings. The Labute approximate surface area is 101 Å². The number of rotatable bonds is 3. The van der Waals surface area contributed by atoms with Crippen LogP contribution in [0.3, 0.4) is 0 Å². The minimum Gasteiger partial charge on any atom is -0.502 e. The summed E-state index contributed by atoms with van der Waals surface area (Å²) in [7, 11) is 1.28. The zero-order valence-corrected chi connectivity index (χ0v) is 9.27. The lowest BCUT2D eigenvalue weighted by atomic mass is 10.1. The third-order valence-corrected chi connectivity index (χ3v) is 2.35. The summed E-state index contributed by atoms with van der Waals surface area (Å²) in [4.78, 5) is 10.7. The van der Waals surface area contributed by atoms with Crippen molar-refractivity contribution in [2.45, 2.75) is 0 Å². The zero-order chi connectivity index (χ0) is 13.3. The summed E-state index contributed by atoms with van der Waals surface area (Å²) in [5.74, 6) is -2.69. The first-order valence-electron chi connectivity index (χ1n) is 4.88. The smallest absolute Gasteiger partial charge is 0.353 e. The third-order valence-electron chi connectivity index (χ3n) is 2.35. The number of aromatic amines is 1. The Morgan fingerprint density at radius 3 is 2.72 bits per heavy atom. The highest BCUT2D eigenvalue weighted by Gasteiger charge is 2.14. The maximum absolute atomic E-state index is 13.4. The van der Waals surface area contributed by atoms with Crippen LogP contribution in [-0.2, 0) is 0 Å². The van der Waals surface area contributed by atoms with Gasteiger partial charge in [0.05, 0.1) is 12.8 Å². The molecule has 0 fully saturated rings. The molecule has 18 heavy (non-hydrogen) atoms. The summed E-state index contributed by atoms with van der Waals surface area (Å²) < 4.78 is 18.2. The van der Waals surface area contributed by atoms with Crippen molar-refractivity contribution in [3.05, 3.63) is 29.7 Å². The molecule has 94 valence electrons. The lowest BCUT2D eigenvalue weighted by Crippen LogP contribution is -1.95. The van der Waals surface area contributed by atoms with Gasteiger partial charge in [-0.25, -0.2) is 9.18 Å². The van der Waals surface area contributed by atoms with Gasteiger partial charge < -0.3 is 14.9 Å². The highest BCUT2D eigenvalue weighted by Crippen LogP contribution is 2.33. The average molecular weight is 252 g/mol. The zero-order valence-electron chi connectivity index (χ0n) is 9.27. The van der Waals surface area contributed by atoms with Crippen molar-refractivity contribution in [3.8, 4) is 22.8 Å². The van der Waals surface area contributed by atoms with Crippen LogP contribution in [-0.4, -0.2) is 33.5 Å². The molecule has 0 spiro atoms. The fourth-order valence-corrected chi connectivity index (χ4v) is 1.46. The van der Waals surface area contributed by atoms with Gasteiger partial charge in [-0.1, -0.05) is 0 Å². The van der Waals surface area contributed by atoms with E-state index in [4.69, 9.17) is 9.84 Å². The standard InChI is InChI=1S/C11H9FN2O4/c1-18-9-3-5(2-6(12)10(9)15)7-4-8(11(16)17)14-13-7/h2-4,15H,1H3,(H,13,14)(H,16,17). The van der Waals surface area contributed by atoms with Gasteiger partial charge in [0.25, 0.3) is 0 Å². The van der Waals surface area contributed by atoms with Crippen LogP contribution >= 0.6 is 0 Å². The van der Waals surface area contributed by atoms with E-state index in [9.17, 15) is 14.3 Å². The fourth-order valence-electron chi connectivity index (χ4n) is 1.46. The van der Waals surface area contributed by atoms with E-state index in [2.05, 4.69) is 10.2 Å². The summed E-state index contributed by atoms with van der Waals surface area (Å²) in [5, 5.41) is 24.1. The number of aromatic hydroxyl groups is 1. The monoisotopic (exact) mass is 252 g/mol. The lowest BCUT2D eigenvalue weighted by molar-refractivity contribution is 0.0690. The normalized spacial score (nSPS) is 10.3.